The molecule has 0 aliphatic carbocycles. The molecule has 0 radical (unpaired) electrons. The molecule has 0 unspecified atom stereocenters. The number of carboxylic acid groups (broad SMARTS) is 1. The van der Waals surface area contributed by atoms with E-state index in [-0.39, 0.29) is 13.0 Å². The van der Waals surface area contributed by atoms with E-state index in [1.807, 2.05) is 6.07 Å². The normalized spacial score (nSPS) is 12.3. The van der Waals surface area contributed by atoms with Gasteiger partial charge in [-0.2, -0.15) is 0 Å². The van der Waals surface area contributed by atoms with Crippen molar-refractivity contribution < 1.29 is 16.1 Å². The summed E-state index contributed by atoms with van der Waals surface area (Å²) in [6.07, 6.45) is 1.73. The molecule has 1 heterocycles. The molecule has 2 rings (SSSR count). The fraction of sp³-hybridized carbons (Fsp3) is 0.267. The summed E-state index contributed by atoms with van der Waals surface area (Å²) in [5.41, 5.74) is 1.24. The van der Waals surface area contributed by atoms with Crippen molar-refractivity contribution in [1.29, 1.82) is 0 Å². The van der Waals surface area contributed by atoms with Gasteiger partial charge in [-0.3, -0.25) is 14.5 Å². The van der Waals surface area contributed by atoms with Crippen molar-refractivity contribution in [2.75, 3.05) is 14.1 Å². The maximum atomic E-state index is 12.2. The van der Waals surface area contributed by atoms with Gasteiger partial charge in [-0.1, -0.05) is 30.3 Å². The van der Waals surface area contributed by atoms with Crippen molar-refractivity contribution in [2.45, 2.75) is 17.5 Å². The number of imidazole rings is 1. The number of thioether (sulfide) groups is 1. The molecule has 1 atom stereocenters. The molecular weight excluding hydrogens is 302 g/mol. The minimum Gasteiger partial charge on any atom is -0.480 e. The molecule has 0 bridgehead atoms. The van der Waals surface area contributed by atoms with Gasteiger partial charge in [0.1, 0.15) is 11.1 Å². The zero-order valence-electron chi connectivity index (χ0n) is 12.3. The lowest BCUT2D eigenvalue weighted by Gasteiger charge is -2.19. The fourth-order valence-corrected chi connectivity index (χ4v) is 2.75. The lowest BCUT2D eigenvalue weighted by molar-refractivity contribution is -0.142. The first-order valence-electron chi connectivity index (χ1n) is 6.67. The number of H-pyrrole nitrogens is 1. The second-order valence-electron chi connectivity index (χ2n) is 4.96. The predicted octanol–water partition coefficient (Wildman–Crippen LogP) is 2.15. The number of benzene rings is 1. The Morgan fingerprint density at radius 2 is 2.05 bits per heavy atom. The summed E-state index contributed by atoms with van der Waals surface area (Å²) < 4.78 is 0. The summed E-state index contributed by atoms with van der Waals surface area (Å²) >= 11 is 1.00. The summed E-state index contributed by atoms with van der Waals surface area (Å²) in [7, 11) is 3.41. The van der Waals surface area contributed by atoms with Crippen LogP contribution in [0, 0.1) is 0 Å². The zero-order valence-corrected chi connectivity index (χ0v) is 13.1. The summed E-state index contributed by atoms with van der Waals surface area (Å²) in [4.78, 5) is 32.2. The number of nitrogens with one attached hydrogen (secondary N) is 1. The topological polar surface area (TPSA) is 86.3 Å². The number of nitrogens with zero attached hydrogens (tertiary/aromatic N) is 2. The van der Waals surface area contributed by atoms with E-state index >= 15 is 0 Å². The number of aromatic amines is 1. The molecule has 1 aromatic carbocycles. The Kier molecular flexibility index (Phi) is 5.35. The number of aromatic nitrogens is 2. The molecule has 0 amide bonds. The largest absolute Gasteiger partial charge is 0.480 e. The maximum absolute atomic E-state index is 12.2. The van der Waals surface area contributed by atoms with Gasteiger partial charge in [0.15, 0.2) is 0 Å². The van der Waals surface area contributed by atoms with Crippen LogP contribution in [0.3, 0.4) is 0 Å². The Hall–Kier alpha value is -2.12. The van der Waals surface area contributed by atoms with Crippen molar-refractivity contribution in [2.24, 2.45) is 0 Å². The van der Waals surface area contributed by atoms with E-state index in [1.54, 1.807) is 43.3 Å². The van der Waals surface area contributed by atoms with Gasteiger partial charge >= 0.3 is 5.97 Å². The van der Waals surface area contributed by atoms with Crippen molar-refractivity contribution >= 4 is 22.8 Å². The van der Waals surface area contributed by atoms with E-state index < -0.39 is 12.0 Å². The van der Waals surface area contributed by atoms with Gasteiger partial charge in [0, 0.05) is 13.4 Å². The third-order valence-electron chi connectivity index (χ3n) is 3.18. The van der Waals surface area contributed by atoms with Crippen LogP contribution in [0.5, 0.6) is 0 Å². The maximum Gasteiger partial charge on any atom is 0.321 e. The van der Waals surface area contributed by atoms with Gasteiger partial charge in [-0.05, 0) is 25.9 Å². The van der Waals surface area contributed by atoms with E-state index in [9.17, 15) is 14.7 Å². The molecular formula is C15H19N3O3S. The Morgan fingerprint density at radius 1 is 1.36 bits per heavy atom. The minimum absolute atomic E-state index is 0. The van der Waals surface area contributed by atoms with Gasteiger partial charge in [0.25, 0.3) is 0 Å². The van der Waals surface area contributed by atoms with Crippen LogP contribution in [0.15, 0.2) is 41.7 Å². The van der Waals surface area contributed by atoms with E-state index in [1.165, 1.54) is 6.33 Å². The van der Waals surface area contributed by atoms with E-state index in [0.29, 0.717) is 16.3 Å². The van der Waals surface area contributed by atoms with Crippen LogP contribution in [-0.2, 0) is 11.2 Å². The highest BCUT2D eigenvalue weighted by molar-refractivity contribution is 8.14. The SMILES string of the molecule is CN(C)[C@@H](Cc1[nH]cnc1SC(=O)c1ccccc1)C(=O)O.[HH]. The summed E-state index contributed by atoms with van der Waals surface area (Å²) in [6.45, 7) is 0. The summed E-state index contributed by atoms with van der Waals surface area (Å²) in [5.74, 6) is -0.912. The molecule has 6 nitrogen and oxygen atoms in total. The minimum atomic E-state index is -0.912. The third kappa shape index (κ3) is 3.96. The lowest BCUT2D eigenvalue weighted by atomic mass is 10.1. The molecule has 118 valence electrons. The molecule has 0 saturated carbocycles. The van der Waals surface area contributed by atoms with Crippen LogP contribution in [0.25, 0.3) is 0 Å². The second-order valence-corrected chi connectivity index (χ2v) is 5.93. The molecule has 0 fully saturated rings. The first kappa shape index (κ1) is 16.3. The standard InChI is InChI=1S/C15H17N3O3S.H2/c1-18(2)12(14(19)20)8-11-13(17-9-16-11)22-15(21)10-6-4-3-5-7-10;/h3-7,9,12H,8H2,1-2H3,(H,16,17)(H,19,20);1H/t12-;/m0./s1. The Bertz CT molecular complexity index is 661. The van der Waals surface area contributed by atoms with Crippen LogP contribution < -0.4 is 0 Å². The lowest BCUT2D eigenvalue weighted by Crippen LogP contribution is -2.37. The Labute approximate surface area is 134 Å². The van der Waals surface area contributed by atoms with Crippen molar-refractivity contribution in [3.63, 3.8) is 0 Å². The van der Waals surface area contributed by atoms with Crippen molar-refractivity contribution in [3.05, 3.63) is 47.9 Å². The predicted molar refractivity (Wildman–Crippen MR) is 86.1 cm³/mol. The van der Waals surface area contributed by atoms with Crippen LogP contribution >= 0.6 is 11.8 Å². The van der Waals surface area contributed by atoms with Crippen molar-refractivity contribution in [1.82, 2.24) is 14.9 Å². The average Bonchev–Trinajstić information content (AvgIpc) is 2.92. The number of carbonyl (C=O) groups excluding carboxylic acids is 1. The molecule has 22 heavy (non-hydrogen) atoms. The monoisotopic (exact) mass is 321 g/mol. The quantitative estimate of drug-likeness (QED) is 0.793. The molecule has 7 heteroatoms. The first-order chi connectivity index (χ1) is 10.5. The van der Waals surface area contributed by atoms with E-state index in [0.717, 1.165) is 11.8 Å². The van der Waals surface area contributed by atoms with E-state index in [2.05, 4.69) is 9.97 Å². The summed E-state index contributed by atoms with van der Waals surface area (Å²) in [6, 6.07) is 8.24. The number of rotatable bonds is 6. The van der Waals surface area contributed by atoms with Crippen LogP contribution in [0.2, 0.25) is 0 Å². The Morgan fingerprint density at radius 3 is 2.64 bits per heavy atom. The Balaban J connectivity index is 0.00000264. The number of hydrogen-bond donors (Lipinski definition) is 2. The molecule has 0 spiro atoms. The number of aliphatic carboxylic acids is 1. The van der Waals surface area contributed by atoms with Crippen LogP contribution in [-0.4, -0.2) is 51.2 Å². The first-order valence-corrected chi connectivity index (χ1v) is 7.49. The van der Waals surface area contributed by atoms with E-state index in [4.69, 9.17) is 0 Å². The number of likely N-dealkylation sites (N-methyl/N-ethyl adjacent to an activating group) is 1. The molecule has 1 aromatic heterocycles. The van der Waals surface area contributed by atoms with Gasteiger partial charge < -0.3 is 10.1 Å². The van der Waals surface area contributed by atoms with Gasteiger partial charge in [0.2, 0.25) is 5.12 Å². The molecule has 2 N–H and O–H groups in total. The number of carboxylic acids is 1. The smallest absolute Gasteiger partial charge is 0.321 e. The molecule has 0 saturated heterocycles. The van der Waals surface area contributed by atoms with Gasteiger partial charge in [-0.25, -0.2) is 4.98 Å². The number of hydrogen-bond acceptors (Lipinski definition) is 5. The van der Waals surface area contributed by atoms with Crippen LogP contribution in [0.1, 0.15) is 17.5 Å². The number of carbonyl (C=O) groups is 2. The van der Waals surface area contributed by atoms with Crippen LogP contribution in [0.4, 0.5) is 0 Å². The highest BCUT2D eigenvalue weighted by Gasteiger charge is 2.23. The highest BCUT2D eigenvalue weighted by atomic mass is 32.2. The van der Waals surface area contributed by atoms with Gasteiger partial charge in [0.05, 0.1) is 12.0 Å². The second kappa shape index (κ2) is 7.24. The highest BCUT2D eigenvalue weighted by Crippen LogP contribution is 2.24. The third-order valence-corrected chi connectivity index (χ3v) is 4.15. The van der Waals surface area contributed by atoms with Crippen molar-refractivity contribution in [3.8, 4) is 0 Å². The fourth-order valence-electron chi connectivity index (χ4n) is 1.95. The zero-order chi connectivity index (χ0) is 16.1. The summed E-state index contributed by atoms with van der Waals surface area (Å²) in [5, 5.41) is 9.64. The molecule has 0 aliphatic heterocycles. The van der Waals surface area contributed by atoms with Gasteiger partial charge in [-0.15, -0.1) is 0 Å². The molecule has 0 aliphatic rings. The molecule has 2 aromatic rings. The average molecular weight is 321 g/mol.